The van der Waals surface area contributed by atoms with Crippen LogP contribution in [0, 0.1) is 0 Å². The van der Waals surface area contributed by atoms with Crippen LogP contribution in [0.25, 0.3) is 0 Å². The molecular formula is C13H14ClNO5S. The summed E-state index contributed by atoms with van der Waals surface area (Å²) in [5.41, 5.74) is 0.545. The van der Waals surface area contributed by atoms with Crippen molar-refractivity contribution in [3.05, 3.63) is 29.8 Å². The van der Waals surface area contributed by atoms with Gasteiger partial charge >= 0.3 is 5.97 Å². The number of amides is 1. The molecule has 0 bridgehead atoms. The Hall–Kier alpha value is -1.60. The minimum atomic E-state index is -3.14. The summed E-state index contributed by atoms with van der Waals surface area (Å²) in [6.07, 6.45) is 0.353. The molecule has 8 heteroatoms. The number of nitrogens with zero attached hydrogens (tertiary/aromatic N) is 1. The molecule has 2 rings (SSSR count). The number of sulfone groups is 1. The molecule has 1 aromatic carbocycles. The number of benzene rings is 1. The number of anilines is 1. The average molecular weight is 332 g/mol. The van der Waals surface area contributed by atoms with Gasteiger partial charge in [-0.15, -0.1) is 11.6 Å². The molecule has 0 aromatic heterocycles. The molecule has 0 radical (unpaired) electrons. The Morgan fingerprint density at radius 2 is 1.90 bits per heavy atom. The first kappa shape index (κ1) is 15.8. The number of carboxylic acid groups (broad SMARTS) is 1. The van der Waals surface area contributed by atoms with Crippen LogP contribution in [0.15, 0.2) is 24.3 Å². The van der Waals surface area contributed by atoms with Crippen LogP contribution in [0.4, 0.5) is 5.69 Å². The van der Waals surface area contributed by atoms with E-state index in [1.807, 2.05) is 0 Å². The lowest BCUT2D eigenvalue weighted by Crippen LogP contribution is -2.42. The van der Waals surface area contributed by atoms with Crippen LogP contribution in [0.5, 0.6) is 0 Å². The molecule has 0 spiro atoms. The third kappa shape index (κ3) is 3.54. The van der Waals surface area contributed by atoms with Gasteiger partial charge in [0.2, 0.25) is 5.91 Å². The zero-order valence-electron chi connectivity index (χ0n) is 11.0. The normalized spacial score (nSPS) is 20.1. The Kier molecular flexibility index (Phi) is 4.53. The Bertz CT molecular complexity index is 656. The van der Waals surface area contributed by atoms with Gasteiger partial charge in [0.25, 0.3) is 0 Å². The van der Waals surface area contributed by atoms with Crippen LogP contribution >= 0.6 is 11.6 Å². The first-order valence-electron chi connectivity index (χ1n) is 6.26. The molecule has 1 aliphatic heterocycles. The lowest BCUT2D eigenvalue weighted by atomic mass is 10.1. The second kappa shape index (κ2) is 6.03. The fourth-order valence-electron chi connectivity index (χ4n) is 2.37. The lowest BCUT2D eigenvalue weighted by molar-refractivity contribution is -0.116. The van der Waals surface area contributed by atoms with Crippen molar-refractivity contribution in [1.29, 1.82) is 0 Å². The van der Waals surface area contributed by atoms with E-state index in [0.29, 0.717) is 12.1 Å². The van der Waals surface area contributed by atoms with E-state index in [-0.39, 0.29) is 22.9 Å². The standard InChI is InChI=1S/C13H14ClNO5S/c14-7-12(16)15(11-5-6-21(19,20)8-11)10-3-1-9(2-4-10)13(17)18/h1-4,11H,5-8H2,(H,17,18)/t11-/m1/s1. The van der Waals surface area contributed by atoms with E-state index in [1.54, 1.807) is 0 Å². The third-order valence-corrected chi connectivity index (χ3v) is 5.33. The molecule has 0 unspecified atom stereocenters. The number of hydrogen-bond donors (Lipinski definition) is 1. The monoisotopic (exact) mass is 331 g/mol. The fraction of sp³-hybridized carbons (Fsp3) is 0.385. The highest BCUT2D eigenvalue weighted by Gasteiger charge is 2.35. The van der Waals surface area contributed by atoms with Crippen LogP contribution in [0.1, 0.15) is 16.8 Å². The molecule has 114 valence electrons. The highest BCUT2D eigenvalue weighted by molar-refractivity contribution is 7.91. The first-order valence-corrected chi connectivity index (χ1v) is 8.61. The van der Waals surface area contributed by atoms with Crippen LogP contribution in [0.3, 0.4) is 0 Å². The summed E-state index contributed by atoms with van der Waals surface area (Å²) in [4.78, 5) is 24.2. The van der Waals surface area contributed by atoms with Gasteiger partial charge in [-0.3, -0.25) is 4.79 Å². The highest BCUT2D eigenvalue weighted by atomic mass is 35.5. The van der Waals surface area contributed by atoms with Crippen molar-refractivity contribution < 1.29 is 23.1 Å². The van der Waals surface area contributed by atoms with Crippen LogP contribution < -0.4 is 4.90 Å². The molecule has 1 saturated heterocycles. The SMILES string of the molecule is O=C(O)c1ccc(N(C(=O)CCl)[C@@H]2CCS(=O)(=O)C2)cc1. The Balaban J connectivity index is 2.32. The van der Waals surface area contributed by atoms with Gasteiger partial charge in [-0.05, 0) is 30.7 Å². The summed E-state index contributed by atoms with van der Waals surface area (Å²) in [6, 6.07) is 5.25. The van der Waals surface area contributed by atoms with Crippen molar-refractivity contribution in [3.8, 4) is 0 Å². The third-order valence-electron chi connectivity index (χ3n) is 3.35. The van der Waals surface area contributed by atoms with Crippen LogP contribution in [0.2, 0.25) is 0 Å². The topological polar surface area (TPSA) is 91.8 Å². The minimum absolute atomic E-state index is 0.0386. The molecule has 1 heterocycles. The number of hydrogen-bond acceptors (Lipinski definition) is 4. The fourth-order valence-corrected chi connectivity index (χ4v) is 4.20. The summed E-state index contributed by atoms with van der Waals surface area (Å²) in [6.45, 7) is 0. The maximum atomic E-state index is 12.0. The van der Waals surface area contributed by atoms with E-state index in [1.165, 1.54) is 29.2 Å². The number of carboxylic acids is 1. The predicted octanol–water partition coefficient (Wildman–Crippen LogP) is 1.14. The Morgan fingerprint density at radius 3 is 2.33 bits per heavy atom. The molecule has 1 atom stereocenters. The molecule has 6 nitrogen and oxygen atoms in total. The van der Waals surface area contributed by atoms with Crippen molar-refractivity contribution >= 4 is 39.0 Å². The predicted molar refractivity (Wildman–Crippen MR) is 78.7 cm³/mol. The van der Waals surface area contributed by atoms with Gasteiger partial charge in [0, 0.05) is 5.69 Å². The number of rotatable bonds is 4. The Labute approximate surface area is 127 Å². The summed E-state index contributed by atoms with van der Waals surface area (Å²) in [5.74, 6) is -1.80. The van der Waals surface area contributed by atoms with E-state index in [9.17, 15) is 18.0 Å². The van der Waals surface area contributed by atoms with Gasteiger partial charge in [0.1, 0.15) is 5.88 Å². The first-order chi connectivity index (χ1) is 9.84. The zero-order valence-corrected chi connectivity index (χ0v) is 12.6. The van der Waals surface area contributed by atoms with Crippen LogP contribution in [-0.2, 0) is 14.6 Å². The number of alkyl halides is 1. The maximum Gasteiger partial charge on any atom is 0.335 e. The number of carbonyl (C=O) groups excluding carboxylic acids is 1. The van der Waals surface area contributed by atoms with Crippen molar-refractivity contribution in [2.75, 3.05) is 22.3 Å². The van der Waals surface area contributed by atoms with Gasteiger partial charge in [-0.2, -0.15) is 0 Å². The summed E-state index contributed by atoms with van der Waals surface area (Å²) < 4.78 is 23.2. The highest BCUT2D eigenvalue weighted by Crippen LogP contribution is 2.25. The molecule has 0 saturated carbocycles. The van der Waals surface area contributed by atoms with Crippen molar-refractivity contribution in [2.45, 2.75) is 12.5 Å². The lowest BCUT2D eigenvalue weighted by Gasteiger charge is -2.27. The summed E-state index contributed by atoms with van der Waals surface area (Å²) >= 11 is 5.59. The molecular weight excluding hydrogens is 318 g/mol. The van der Waals surface area contributed by atoms with E-state index < -0.39 is 27.8 Å². The van der Waals surface area contributed by atoms with Crippen molar-refractivity contribution in [1.82, 2.24) is 0 Å². The van der Waals surface area contributed by atoms with Crippen LogP contribution in [-0.4, -0.2) is 48.8 Å². The van der Waals surface area contributed by atoms with Gasteiger partial charge in [-0.25, -0.2) is 13.2 Å². The van der Waals surface area contributed by atoms with E-state index in [0.717, 1.165) is 0 Å². The Morgan fingerprint density at radius 1 is 1.29 bits per heavy atom. The summed E-state index contributed by atoms with van der Waals surface area (Å²) in [7, 11) is -3.14. The molecule has 1 amide bonds. The van der Waals surface area contributed by atoms with Crippen molar-refractivity contribution in [2.24, 2.45) is 0 Å². The van der Waals surface area contributed by atoms with Gasteiger partial charge in [-0.1, -0.05) is 0 Å². The van der Waals surface area contributed by atoms with E-state index >= 15 is 0 Å². The van der Waals surface area contributed by atoms with Crippen molar-refractivity contribution in [3.63, 3.8) is 0 Å². The smallest absolute Gasteiger partial charge is 0.335 e. The van der Waals surface area contributed by atoms with Gasteiger partial charge < -0.3 is 10.0 Å². The van der Waals surface area contributed by atoms with E-state index in [2.05, 4.69) is 0 Å². The molecule has 0 aliphatic carbocycles. The quantitative estimate of drug-likeness (QED) is 0.835. The average Bonchev–Trinajstić information content (AvgIpc) is 2.79. The molecule has 1 aliphatic rings. The second-order valence-electron chi connectivity index (χ2n) is 4.81. The zero-order chi connectivity index (χ0) is 15.6. The minimum Gasteiger partial charge on any atom is -0.478 e. The van der Waals surface area contributed by atoms with Gasteiger partial charge in [0.05, 0.1) is 23.1 Å². The van der Waals surface area contributed by atoms with E-state index in [4.69, 9.17) is 16.7 Å². The molecule has 1 N–H and O–H groups in total. The number of carbonyl (C=O) groups is 2. The molecule has 21 heavy (non-hydrogen) atoms. The maximum absolute atomic E-state index is 12.0. The molecule has 1 aromatic rings. The summed E-state index contributed by atoms with van der Waals surface area (Å²) in [5, 5.41) is 8.87. The number of aromatic carboxylic acids is 1. The molecule has 1 fully saturated rings. The largest absolute Gasteiger partial charge is 0.478 e. The number of halogens is 1. The second-order valence-corrected chi connectivity index (χ2v) is 7.30. The van der Waals surface area contributed by atoms with Gasteiger partial charge in [0.15, 0.2) is 9.84 Å².